The summed E-state index contributed by atoms with van der Waals surface area (Å²) in [5.41, 5.74) is -0.373. The molecule has 1 aliphatic heterocycles. The van der Waals surface area contributed by atoms with E-state index in [1.807, 2.05) is 20.8 Å². The van der Waals surface area contributed by atoms with Crippen LogP contribution in [0.3, 0.4) is 0 Å². The molecule has 0 aromatic heterocycles. The molecule has 1 N–H and O–H groups in total. The van der Waals surface area contributed by atoms with Gasteiger partial charge in [0, 0.05) is 0 Å². The van der Waals surface area contributed by atoms with Crippen molar-refractivity contribution >= 4 is 27.8 Å². The third-order valence-corrected chi connectivity index (χ3v) is 8.37. The Balaban J connectivity index is 2.25. The van der Waals surface area contributed by atoms with Crippen molar-refractivity contribution in [1.29, 1.82) is 0 Å². The number of nitrogens with one attached hydrogen (secondary N) is 1. The summed E-state index contributed by atoms with van der Waals surface area (Å²) < 4.78 is 10.4. The minimum absolute atomic E-state index is 0.225. The van der Waals surface area contributed by atoms with Crippen LogP contribution in [-0.4, -0.2) is 33.4 Å². The van der Waals surface area contributed by atoms with Crippen LogP contribution in [0.25, 0.3) is 0 Å². The fourth-order valence-electron chi connectivity index (χ4n) is 1.21. The summed E-state index contributed by atoms with van der Waals surface area (Å²) >= 11 is -1.73. The Bertz CT molecular complexity index is 212. The summed E-state index contributed by atoms with van der Waals surface area (Å²) in [6, 6.07) is 0. The molecule has 0 aromatic carbocycles. The van der Waals surface area contributed by atoms with E-state index in [2.05, 4.69) is 15.5 Å². The summed E-state index contributed by atoms with van der Waals surface area (Å²) in [6.45, 7) is 5.65. The van der Waals surface area contributed by atoms with E-state index < -0.39 is 21.7 Å². The second-order valence-electron chi connectivity index (χ2n) is 4.29. The molecule has 0 fully saturated rings. The van der Waals surface area contributed by atoms with Gasteiger partial charge in [0.05, 0.1) is 0 Å². The van der Waals surface area contributed by atoms with Crippen molar-refractivity contribution in [2.45, 2.75) is 34.7 Å². The third kappa shape index (κ3) is 4.60. The van der Waals surface area contributed by atoms with Gasteiger partial charge in [-0.25, -0.2) is 0 Å². The zero-order valence-corrected chi connectivity index (χ0v) is 11.8. The second kappa shape index (κ2) is 4.40. The van der Waals surface area contributed by atoms with E-state index in [-0.39, 0.29) is 11.7 Å². The molecule has 0 bridgehead atoms. The summed E-state index contributed by atoms with van der Waals surface area (Å²) in [5, 5.41) is 0. The van der Waals surface area contributed by atoms with Crippen LogP contribution in [0.4, 0.5) is 4.79 Å². The van der Waals surface area contributed by atoms with E-state index >= 15 is 0 Å². The summed E-state index contributed by atoms with van der Waals surface area (Å²) in [7, 11) is 0. The number of hydrogen-bond donors (Lipinski definition) is 1. The van der Waals surface area contributed by atoms with Gasteiger partial charge in [0.1, 0.15) is 0 Å². The van der Waals surface area contributed by atoms with Crippen LogP contribution in [0.2, 0.25) is 8.35 Å². The first-order chi connectivity index (χ1) is 5.97. The first kappa shape index (κ1) is 11.0. The monoisotopic (exact) mass is 285 g/mol. The molecule has 1 aliphatic rings. The second-order valence-corrected chi connectivity index (χ2v) is 11.8. The van der Waals surface area contributed by atoms with Crippen molar-refractivity contribution < 1.29 is 9.53 Å². The first-order valence-corrected chi connectivity index (χ1v) is 10.9. The van der Waals surface area contributed by atoms with Crippen LogP contribution in [0.1, 0.15) is 20.8 Å². The minimum atomic E-state index is -1.73. The van der Waals surface area contributed by atoms with Crippen LogP contribution in [-0.2, 0) is 4.74 Å². The van der Waals surface area contributed by atoms with Gasteiger partial charge in [-0.05, 0) is 0 Å². The Morgan fingerprint density at radius 3 is 2.38 bits per heavy atom. The molecule has 72 valence electrons. The summed E-state index contributed by atoms with van der Waals surface area (Å²) in [4.78, 5) is 11.3. The Hall–Kier alpha value is -0.120. The van der Waals surface area contributed by atoms with Gasteiger partial charge in [-0.15, -0.1) is 0 Å². The molecule has 0 atom stereocenters. The number of rotatable bonds is 1. The van der Waals surface area contributed by atoms with Gasteiger partial charge in [-0.2, -0.15) is 0 Å². The van der Waals surface area contributed by atoms with E-state index in [1.165, 1.54) is 0 Å². The maximum absolute atomic E-state index is 11.3. The van der Waals surface area contributed by atoms with E-state index in [0.29, 0.717) is 0 Å². The van der Waals surface area contributed by atoms with E-state index in [0.717, 1.165) is 8.35 Å². The van der Waals surface area contributed by atoms with Gasteiger partial charge in [0.15, 0.2) is 0 Å². The SMILES string of the molecule is CC(C)(C)OC(=O)[NH][In]1[CH2]C=C[CH2]1. The molecule has 1 rings (SSSR count). The summed E-state index contributed by atoms with van der Waals surface area (Å²) in [6.07, 6.45) is 4.10. The van der Waals surface area contributed by atoms with Gasteiger partial charge in [0.2, 0.25) is 0 Å². The number of carbonyl (C=O) groups is 1. The van der Waals surface area contributed by atoms with Crippen molar-refractivity contribution in [3.8, 4) is 0 Å². The van der Waals surface area contributed by atoms with Crippen molar-refractivity contribution in [3.05, 3.63) is 12.2 Å². The van der Waals surface area contributed by atoms with Crippen molar-refractivity contribution in [3.63, 3.8) is 0 Å². The van der Waals surface area contributed by atoms with Crippen molar-refractivity contribution in [1.82, 2.24) is 3.30 Å². The van der Waals surface area contributed by atoms with E-state index in [9.17, 15) is 4.79 Å². The molecule has 0 saturated heterocycles. The first-order valence-electron chi connectivity index (χ1n) is 4.62. The molecular weight excluding hydrogens is 269 g/mol. The topological polar surface area (TPSA) is 38.3 Å². The van der Waals surface area contributed by atoms with Crippen LogP contribution in [0.15, 0.2) is 12.2 Å². The van der Waals surface area contributed by atoms with Crippen molar-refractivity contribution in [2.75, 3.05) is 0 Å². The van der Waals surface area contributed by atoms with Crippen LogP contribution in [0.5, 0.6) is 0 Å². The predicted octanol–water partition coefficient (Wildman–Crippen LogP) is 2.07. The molecule has 13 heavy (non-hydrogen) atoms. The molecule has 4 heteroatoms. The van der Waals surface area contributed by atoms with Gasteiger partial charge >= 0.3 is 87.5 Å². The van der Waals surface area contributed by atoms with E-state index in [4.69, 9.17) is 4.74 Å². The average molecular weight is 285 g/mol. The number of amides is 1. The predicted molar refractivity (Wildman–Crippen MR) is 53.9 cm³/mol. The van der Waals surface area contributed by atoms with Crippen molar-refractivity contribution in [2.24, 2.45) is 0 Å². The standard InChI is InChI=1S/C5H11NO2.C4H6.In/c1-5(2,3)8-4(6)7;1-3-4-2;/h1-3H3,(H2,6,7);3-4H,1-2H2;/q;;+1/p-1. The number of carbonyl (C=O) groups excluding carboxylic acids is 1. The molecule has 0 spiro atoms. The Kier molecular flexibility index (Phi) is 3.71. The molecule has 0 aromatic rings. The fourth-order valence-corrected chi connectivity index (χ4v) is 6.52. The quantitative estimate of drug-likeness (QED) is 0.749. The van der Waals surface area contributed by atoms with Gasteiger partial charge in [0.25, 0.3) is 0 Å². The molecule has 3 nitrogen and oxygen atoms in total. The molecule has 0 unspecified atom stereocenters. The fraction of sp³-hybridized carbons (Fsp3) is 0.667. The third-order valence-electron chi connectivity index (χ3n) is 1.73. The van der Waals surface area contributed by atoms with E-state index in [1.54, 1.807) is 0 Å². The molecule has 0 saturated carbocycles. The number of ether oxygens (including phenoxy) is 1. The maximum atomic E-state index is 11.3. The Morgan fingerprint density at radius 1 is 1.38 bits per heavy atom. The molecular formula is C9H16InNO2. The average Bonchev–Trinajstić information content (AvgIpc) is 2.34. The zero-order chi connectivity index (χ0) is 9.90. The normalized spacial score (nSPS) is 16.1. The number of allylic oxidation sites excluding steroid dienone is 2. The molecule has 0 aliphatic carbocycles. The van der Waals surface area contributed by atoms with Crippen LogP contribution < -0.4 is 3.30 Å². The van der Waals surface area contributed by atoms with Crippen LogP contribution in [0, 0.1) is 0 Å². The van der Waals surface area contributed by atoms with Gasteiger partial charge in [-0.3, -0.25) is 0 Å². The number of hydrogen-bond acceptors (Lipinski definition) is 2. The summed E-state index contributed by atoms with van der Waals surface area (Å²) in [5.74, 6) is 0. The Morgan fingerprint density at radius 2 is 1.92 bits per heavy atom. The molecule has 1 heterocycles. The van der Waals surface area contributed by atoms with Crippen LogP contribution >= 0.6 is 0 Å². The Labute approximate surface area is 87.5 Å². The molecule has 1 amide bonds. The van der Waals surface area contributed by atoms with Gasteiger partial charge < -0.3 is 0 Å². The zero-order valence-electron chi connectivity index (χ0n) is 8.46. The van der Waals surface area contributed by atoms with Gasteiger partial charge in [-0.1, -0.05) is 0 Å². The molecule has 0 radical (unpaired) electrons.